The van der Waals surface area contributed by atoms with Crippen molar-refractivity contribution in [3.63, 3.8) is 0 Å². The molecule has 0 unspecified atom stereocenters. The lowest BCUT2D eigenvalue weighted by Gasteiger charge is -2.10. The molecule has 4 N–H and O–H groups in total. The van der Waals surface area contributed by atoms with E-state index in [-0.39, 0.29) is 22.8 Å². The van der Waals surface area contributed by atoms with Gasteiger partial charge in [0.25, 0.3) is 0 Å². The summed E-state index contributed by atoms with van der Waals surface area (Å²) >= 11 is 0. The van der Waals surface area contributed by atoms with Crippen LogP contribution in [0.1, 0.15) is 29.8 Å². The monoisotopic (exact) mass is 334 g/mol. The van der Waals surface area contributed by atoms with Crippen LogP contribution >= 0.6 is 0 Å². The molecule has 3 rings (SSSR count). The van der Waals surface area contributed by atoms with E-state index >= 15 is 0 Å². The van der Waals surface area contributed by atoms with E-state index in [4.69, 9.17) is 5.73 Å². The predicted octanol–water partition coefficient (Wildman–Crippen LogP) is 4.18. The Morgan fingerprint density at radius 1 is 0.960 bits per heavy atom. The number of nitrogen functional groups attached to an aromatic ring is 1. The third kappa shape index (κ3) is 3.04. The standard InChI is InChI=1S/C20H18N2O3/c1-11(14-9-15(12(2)23)19(25)10-18(14)24)22-17-8-4-6-13-5-3-7-16(21)20(13)17/h3-10,24-25H,21H2,1-2H3. The maximum absolute atomic E-state index is 11.6. The summed E-state index contributed by atoms with van der Waals surface area (Å²) in [5.41, 5.74) is 8.41. The third-order valence-electron chi connectivity index (χ3n) is 4.09. The molecule has 3 aromatic carbocycles. The van der Waals surface area contributed by atoms with Gasteiger partial charge in [-0.2, -0.15) is 0 Å². The highest BCUT2D eigenvalue weighted by Crippen LogP contribution is 2.33. The van der Waals surface area contributed by atoms with Crippen molar-refractivity contribution in [1.82, 2.24) is 0 Å². The summed E-state index contributed by atoms with van der Waals surface area (Å²) in [7, 11) is 0. The molecule has 0 saturated carbocycles. The number of aromatic hydroxyl groups is 2. The molecule has 5 heteroatoms. The van der Waals surface area contributed by atoms with Crippen molar-refractivity contribution in [2.45, 2.75) is 13.8 Å². The van der Waals surface area contributed by atoms with E-state index in [9.17, 15) is 15.0 Å². The first kappa shape index (κ1) is 16.5. The molecule has 0 spiro atoms. The summed E-state index contributed by atoms with van der Waals surface area (Å²) in [6.07, 6.45) is 0. The van der Waals surface area contributed by atoms with Crippen molar-refractivity contribution in [2.75, 3.05) is 5.73 Å². The fourth-order valence-corrected chi connectivity index (χ4v) is 2.83. The van der Waals surface area contributed by atoms with Crippen LogP contribution in [0.4, 0.5) is 11.4 Å². The maximum atomic E-state index is 11.6. The molecule has 0 atom stereocenters. The van der Waals surface area contributed by atoms with Crippen LogP contribution < -0.4 is 5.73 Å². The molecule has 3 aromatic rings. The number of nitrogens with two attached hydrogens (primary N) is 1. The molecule has 0 aromatic heterocycles. The van der Waals surface area contributed by atoms with Gasteiger partial charge in [-0.05, 0) is 37.4 Å². The summed E-state index contributed by atoms with van der Waals surface area (Å²) in [5.74, 6) is -0.686. The van der Waals surface area contributed by atoms with Crippen molar-refractivity contribution in [1.29, 1.82) is 0 Å². The molecule has 0 saturated heterocycles. The van der Waals surface area contributed by atoms with E-state index in [1.165, 1.54) is 13.0 Å². The van der Waals surface area contributed by atoms with Crippen molar-refractivity contribution < 1.29 is 15.0 Å². The zero-order valence-corrected chi connectivity index (χ0v) is 13.9. The van der Waals surface area contributed by atoms with Gasteiger partial charge < -0.3 is 15.9 Å². The van der Waals surface area contributed by atoms with Gasteiger partial charge in [0.1, 0.15) is 11.5 Å². The fourth-order valence-electron chi connectivity index (χ4n) is 2.83. The average molecular weight is 334 g/mol. The Labute approximate surface area is 145 Å². The number of carbonyl (C=O) groups excluding carboxylic acids is 1. The van der Waals surface area contributed by atoms with Crippen molar-refractivity contribution in [3.8, 4) is 11.5 Å². The van der Waals surface area contributed by atoms with E-state index in [2.05, 4.69) is 4.99 Å². The number of rotatable bonds is 3. The van der Waals surface area contributed by atoms with Crippen molar-refractivity contribution in [2.24, 2.45) is 4.99 Å². The molecule has 126 valence electrons. The number of nitrogens with zero attached hydrogens (tertiary/aromatic N) is 1. The van der Waals surface area contributed by atoms with Gasteiger partial charge in [0.05, 0.1) is 11.3 Å². The van der Waals surface area contributed by atoms with Crippen molar-refractivity contribution >= 4 is 33.6 Å². The van der Waals surface area contributed by atoms with Gasteiger partial charge in [0.15, 0.2) is 5.78 Å². The highest BCUT2D eigenvalue weighted by Gasteiger charge is 2.14. The largest absolute Gasteiger partial charge is 0.507 e. The Balaban J connectivity index is 2.18. The van der Waals surface area contributed by atoms with Gasteiger partial charge >= 0.3 is 0 Å². The van der Waals surface area contributed by atoms with E-state index in [1.54, 1.807) is 6.92 Å². The second kappa shape index (κ2) is 6.28. The highest BCUT2D eigenvalue weighted by molar-refractivity contribution is 6.09. The van der Waals surface area contributed by atoms with E-state index in [0.29, 0.717) is 22.6 Å². The number of phenolic OH excluding ortho intramolecular Hbond substituents is 2. The second-order valence-corrected chi connectivity index (χ2v) is 5.86. The van der Waals surface area contributed by atoms with Gasteiger partial charge in [-0.1, -0.05) is 24.3 Å². The molecule has 0 amide bonds. The SMILES string of the molecule is CC(=O)c1cc(C(C)=Nc2cccc3cccc(N)c23)c(O)cc1O. The topological polar surface area (TPSA) is 95.9 Å². The average Bonchev–Trinajstić information content (AvgIpc) is 2.54. The van der Waals surface area contributed by atoms with E-state index in [0.717, 1.165) is 16.8 Å². The summed E-state index contributed by atoms with van der Waals surface area (Å²) in [6.45, 7) is 3.09. The number of carbonyl (C=O) groups is 1. The molecule has 0 radical (unpaired) electrons. The summed E-state index contributed by atoms with van der Waals surface area (Å²) < 4.78 is 0. The Kier molecular flexibility index (Phi) is 4.15. The Morgan fingerprint density at radius 2 is 1.60 bits per heavy atom. The number of ketones is 1. The first-order chi connectivity index (χ1) is 11.9. The zero-order valence-electron chi connectivity index (χ0n) is 13.9. The van der Waals surface area contributed by atoms with Gasteiger partial charge in [-0.25, -0.2) is 0 Å². The van der Waals surface area contributed by atoms with Crippen molar-refractivity contribution in [3.05, 3.63) is 59.7 Å². The van der Waals surface area contributed by atoms with E-state index < -0.39 is 0 Å². The number of benzene rings is 3. The van der Waals surface area contributed by atoms with E-state index in [1.807, 2.05) is 36.4 Å². The molecule has 0 aliphatic rings. The minimum absolute atomic E-state index is 0.139. The second-order valence-electron chi connectivity index (χ2n) is 5.86. The van der Waals surface area contributed by atoms with Crippen LogP contribution in [-0.2, 0) is 0 Å². The number of anilines is 1. The molecule has 0 fully saturated rings. The summed E-state index contributed by atoms with van der Waals surface area (Å²) in [4.78, 5) is 16.2. The van der Waals surface area contributed by atoms with Crippen LogP contribution in [0.2, 0.25) is 0 Å². The Hall–Kier alpha value is -3.34. The lowest BCUT2D eigenvalue weighted by atomic mass is 10.0. The van der Waals surface area contributed by atoms with Crippen LogP contribution in [0.15, 0.2) is 53.5 Å². The van der Waals surface area contributed by atoms with Gasteiger partial charge in [0, 0.05) is 28.4 Å². The number of hydrogen-bond acceptors (Lipinski definition) is 5. The first-order valence-corrected chi connectivity index (χ1v) is 7.78. The number of Topliss-reactive ketones (excluding diaryl/α,β-unsaturated/α-hetero) is 1. The minimum Gasteiger partial charge on any atom is -0.507 e. The first-order valence-electron chi connectivity index (χ1n) is 7.78. The lowest BCUT2D eigenvalue weighted by Crippen LogP contribution is -2.00. The molecule has 0 bridgehead atoms. The van der Waals surface area contributed by atoms with Crippen LogP contribution in [0.25, 0.3) is 10.8 Å². The normalized spacial score (nSPS) is 11.7. The quantitative estimate of drug-likeness (QED) is 0.380. The smallest absolute Gasteiger partial charge is 0.163 e. The predicted molar refractivity (Wildman–Crippen MR) is 100 cm³/mol. The molecule has 25 heavy (non-hydrogen) atoms. The third-order valence-corrected chi connectivity index (χ3v) is 4.09. The lowest BCUT2D eigenvalue weighted by molar-refractivity contribution is 0.101. The number of phenols is 2. The Morgan fingerprint density at radius 3 is 2.28 bits per heavy atom. The maximum Gasteiger partial charge on any atom is 0.163 e. The Bertz CT molecular complexity index is 1020. The number of fused-ring (bicyclic) bond motifs is 1. The van der Waals surface area contributed by atoms with Crippen LogP contribution in [0, 0.1) is 0 Å². The van der Waals surface area contributed by atoms with Crippen LogP contribution in [0.5, 0.6) is 11.5 Å². The minimum atomic E-state index is -0.291. The van der Waals surface area contributed by atoms with Gasteiger partial charge in [-0.15, -0.1) is 0 Å². The summed E-state index contributed by atoms with van der Waals surface area (Å²) in [6, 6.07) is 13.9. The fraction of sp³-hybridized carbons (Fsp3) is 0.100. The molecule has 5 nitrogen and oxygen atoms in total. The molecular formula is C20H18N2O3. The zero-order chi connectivity index (χ0) is 18.1. The van der Waals surface area contributed by atoms with Crippen LogP contribution in [0.3, 0.4) is 0 Å². The molecule has 0 aliphatic heterocycles. The van der Waals surface area contributed by atoms with Crippen LogP contribution in [-0.4, -0.2) is 21.7 Å². The number of aliphatic imine (C=N–C) groups is 1. The summed E-state index contributed by atoms with van der Waals surface area (Å²) in [5, 5.41) is 21.7. The van der Waals surface area contributed by atoms with Gasteiger partial charge in [-0.3, -0.25) is 9.79 Å². The number of hydrogen-bond donors (Lipinski definition) is 3. The highest BCUT2D eigenvalue weighted by atomic mass is 16.3. The molecule has 0 heterocycles. The molecule has 0 aliphatic carbocycles. The van der Waals surface area contributed by atoms with Gasteiger partial charge in [0.2, 0.25) is 0 Å². The molecular weight excluding hydrogens is 316 g/mol.